The monoisotopic (exact) mass is 481 g/mol. The lowest BCUT2D eigenvalue weighted by Crippen LogP contribution is -2.40. The summed E-state index contributed by atoms with van der Waals surface area (Å²) in [5.74, 6) is -3.99. The van der Waals surface area contributed by atoms with Gasteiger partial charge < -0.3 is 14.6 Å². The molecule has 0 saturated carbocycles. The molecular weight excluding hydrogens is 461 g/mol. The van der Waals surface area contributed by atoms with Crippen molar-refractivity contribution in [1.82, 2.24) is 9.88 Å². The zero-order valence-electron chi connectivity index (χ0n) is 18.0. The summed E-state index contributed by atoms with van der Waals surface area (Å²) in [5.41, 5.74) is 0.383. The molecule has 0 spiro atoms. The van der Waals surface area contributed by atoms with Gasteiger partial charge >= 0.3 is 12.1 Å². The van der Waals surface area contributed by atoms with Crippen molar-refractivity contribution in [3.8, 4) is 11.3 Å². The number of oxazole rings is 1. The molecule has 0 aliphatic heterocycles. The van der Waals surface area contributed by atoms with Crippen LogP contribution in [-0.2, 0) is 22.6 Å². The largest absolute Gasteiger partial charge is 0.471 e. The van der Waals surface area contributed by atoms with Crippen molar-refractivity contribution in [2.75, 3.05) is 11.9 Å². The van der Waals surface area contributed by atoms with E-state index in [0.717, 1.165) is 12.1 Å². The Bertz CT molecular complexity index is 1160. The first-order valence-electron chi connectivity index (χ1n) is 10.2. The summed E-state index contributed by atoms with van der Waals surface area (Å²) in [6, 6.07) is 9.49. The predicted molar refractivity (Wildman–Crippen MR) is 112 cm³/mol. The molecule has 2 amide bonds. The molecule has 0 radical (unpaired) electrons. The van der Waals surface area contributed by atoms with Crippen molar-refractivity contribution in [3.05, 3.63) is 71.8 Å². The summed E-state index contributed by atoms with van der Waals surface area (Å²) in [6.45, 7) is 1.03. The number of alkyl halides is 3. The van der Waals surface area contributed by atoms with E-state index in [-0.39, 0.29) is 43.1 Å². The number of aromatic nitrogens is 1. The molecule has 0 fully saturated rings. The molecule has 34 heavy (non-hydrogen) atoms. The van der Waals surface area contributed by atoms with E-state index in [2.05, 4.69) is 10.3 Å². The van der Waals surface area contributed by atoms with Crippen molar-refractivity contribution < 1.29 is 36.0 Å². The Hall–Kier alpha value is -3.76. The molecule has 3 rings (SSSR count). The number of rotatable bonds is 8. The maximum atomic E-state index is 13.9. The minimum Gasteiger partial charge on any atom is -0.441 e. The van der Waals surface area contributed by atoms with Gasteiger partial charge in [-0.3, -0.25) is 9.59 Å². The predicted octanol–water partition coefficient (Wildman–Crippen LogP) is 5.10. The molecule has 6 nitrogen and oxygen atoms in total. The number of anilines is 1. The number of halogens is 5. The molecule has 0 aliphatic rings. The summed E-state index contributed by atoms with van der Waals surface area (Å²) < 4.78 is 71.2. The maximum absolute atomic E-state index is 13.9. The van der Waals surface area contributed by atoms with Crippen LogP contribution in [0.25, 0.3) is 11.3 Å². The highest BCUT2D eigenvalue weighted by atomic mass is 19.4. The molecule has 11 heteroatoms. The van der Waals surface area contributed by atoms with Crippen molar-refractivity contribution in [3.63, 3.8) is 0 Å². The smallest absolute Gasteiger partial charge is 0.441 e. The van der Waals surface area contributed by atoms with Crippen molar-refractivity contribution in [2.24, 2.45) is 0 Å². The first-order valence-corrected chi connectivity index (χ1v) is 10.2. The number of hydrogen-bond donors (Lipinski definition) is 1. The fraction of sp³-hybridized carbons (Fsp3) is 0.261. The van der Waals surface area contributed by atoms with E-state index in [0.29, 0.717) is 16.2 Å². The summed E-state index contributed by atoms with van der Waals surface area (Å²) in [6.07, 6.45) is -3.83. The first-order chi connectivity index (χ1) is 16.1. The molecule has 1 heterocycles. The molecule has 1 N–H and O–H groups in total. The number of benzene rings is 2. The standard InChI is InChI=1S/C23H20F5N3O3/c1-2-31(22(33)23(26,27)28)13-14-5-3-6-15(11-14)30-19(32)9-10-20-29-12-18(34-20)21-16(24)7-4-8-17(21)25/h3-8,11-12H,2,9-10,13H2,1H3,(H,30,32). The molecule has 0 unspecified atom stereocenters. The lowest BCUT2D eigenvalue weighted by atomic mass is 10.1. The minimum absolute atomic E-state index is 0.0469. The van der Waals surface area contributed by atoms with Crippen molar-refractivity contribution >= 4 is 17.5 Å². The fourth-order valence-corrected chi connectivity index (χ4v) is 3.19. The molecule has 0 aliphatic carbocycles. The van der Waals surface area contributed by atoms with E-state index in [1.165, 1.54) is 31.3 Å². The Labute approximate surface area is 191 Å². The number of amides is 2. The van der Waals surface area contributed by atoms with Gasteiger partial charge in [-0.15, -0.1) is 0 Å². The molecule has 1 aromatic heterocycles. The Morgan fingerprint density at radius 1 is 1.09 bits per heavy atom. The summed E-state index contributed by atoms with van der Waals surface area (Å²) in [4.78, 5) is 28.4. The fourth-order valence-electron chi connectivity index (χ4n) is 3.19. The van der Waals surface area contributed by atoms with Crippen LogP contribution in [-0.4, -0.2) is 34.4 Å². The number of nitrogens with one attached hydrogen (secondary N) is 1. The van der Waals surface area contributed by atoms with E-state index in [4.69, 9.17) is 4.42 Å². The Morgan fingerprint density at radius 2 is 1.76 bits per heavy atom. The van der Waals surface area contributed by atoms with E-state index in [9.17, 15) is 31.5 Å². The third-order valence-electron chi connectivity index (χ3n) is 4.82. The van der Waals surface area contributed by atoms with Crippen LogP contribution in [0.4, 0.5) is 27.6 Å². The number of aryl methyl sites for hydroxylation is 1. The number of carbonyl (C=O) groups is 2. The van der Waals surface area contributed by atoms with Gasteiger partial charge in [-0.1, -0.05) is 18.2 Å². The first kappa shape index (κ1) is 24.9. The number of hydrogen-bond acceptors (Lipinski definition) is 4. The van der Waals surface area contributed by atoms with Crippen LogP contribution in [0.2, 0.25) is 0 Å². The molecule has 2 aromatic carbocycles. The van der Waals surface area contributed by atoms with Crippen molar-refractivity contribution in [1.29, 1.82) is 0 Å². The molecule has 0 atom stereocenters. The average Bonchev–Trinajstić information content (AvgIpc) is 3.23. The second kappa shape index (κ2) is 10.4. The lowest BCUT2D eigenvalue weighted by molar-refractivity contribution is -0.185. The lowest BCUT2D eigenvalue weighted by Gasteiger charge is -2.22. The van der Waals surface area contributed by atoms with Crippen LogP contribution in [0.5, 0.6) is 0 Å². The molecule has 0 saturated heterocycles. The second-order valence-corrected chi connectivity index (χ2v) is 7.28. The third-order valence-corrected chi connectivity index (χ3v) is 4.82. The highest BCUT2D eigenvalue weighted by Crippen LogP contribution is 2.27. The van der Waals surface area contributed by atoms with Gasteiger partial charge in [0.25, 0.3) is 0 Å². The van der Waals surface area contributed by atoms with Gasteiger partial charge in [0.15, 0.2) is 11.7 Å². The highest BCUT2D eigenvalue weighted by Gasteiger charge is 2.41. The minimum atomic E-state index is -4.97. The van der Waals surface area contributed by atoms with E-state index in [1.807, 2.05) is 0 Å². The quantitative estimate of drug-likeness (QED) is 0.454. The SMILES string of the molecule is CCN(Cc1cccc(NC(=O)CCc2ncc(-c3c(F)cccc3F)o2)c1)C(=O)C(F)(F)F. The Kier molecular flexibility index (Phi) is 7.64. The highest BCUT2D eigenvalue weighted by molar-refractivity contribution is 5.90. The van der Waals surface area contributed by atoms with Gasteiger partial charge in [0.2, 0.25) is 5.91 Å². The van der Waals surface area contributed by atoms with Crippen LogP contribution in [0.3, 0.4) is 0 Å². The second-order valence-electron chi connectivity index (χ2n) is 7.28. The van der Waals surface area contributed by atoms with E-state index >= 15 is 0 Å². The maximum Gasteiger partial charge on any atom is 0.471 e. The molecular formula is C23H20F5N3O3. The van der Waals surface area contributed by atoms with Crippen LogP contribution >= 0.6 is 0 Å². The summed E-state index contributed by atoms with van der Waals surface area (Å²) in [5, 5.41) is 2.61. The zero-order chi connectivity index (χ0) is 24.9. The summed E-state index contributed by atoms with van der Waals surface area (Å²) >= 11 is 0. The normalized spacial score (nSPS) is 11.4. The summed E-state index contributed by atoms with van der Waals surface area (Å²) in [7, 11) is 0. The van der Waals surface area contributed by atoms with Gasteiger partial charge in [0, 0.05) is 31.6 Å². The molecule has 3 aromatic rings. The zero-order valence-corrected chi connectivity index (χ0v) is 18.0. The molecule has 0 bridgehead atoms. The van der Waals surface area contributed by atoms with Crippen LogP contribution in [0, 0.1) is 11.6 Å². The van der Waals surface area contributed by atoms with Crippen LogP contribution in [0.1, 0.15) is 24.8 Å². The van der Waals surface area contributed by atoms with Gasteiger partial charge in [-0.25, -0.2) is 13.8 Å². The van der Waals surface area contributed by atoms with Crippen LogP contribution in [0.15, 0.2) is 53.1 Å². The average molecular weight is 481 g/mol. The van der Waals surface area contributed by atoms with E-state index < -0.39 is 29.6 Å². The van der Waals surface area contributed by atoms with Gasteiger partial charge in [-0.2, -0.15) is 13.2 Å². The van der Waals surface area contributed by atoms with E-state index in [1.54, 1.807) is 12.1 Å². The van der Waals surface area contributed by atoms with Gasteiger partial charge in [0.05, 0.1) is 11.8 Å². The van der Waals surface area contributed by atoms with Crippen LogP contribution < -0.4 is 5.32 Å². The van der Waals surface area contributed by atoms with Gasteiger partial charge in [0.1, 0.15) is 11.6 Å². The number of nitrogens with zero attached hydrogens (tertiary/aromatic N) is 2. The topological polar surface area (TPSA) is 75.4 Å². The Morgan fingerprint density at radius 3 is 2.41 bits per heavy atom. The Balaban J connectivity index is 1.59. The third kappa shape index (κ3) is 6.18. The van der Waals surface area contributed by atoms with Gasteiger partial charge in [-0.05, 0) is 36.8 Å². The molecule has 180 valence electrons. The van der Waals surface area contributed by atoms with Crippen molar-refractivity contribution in [2.45, 2.75) is 32.5 Å². The number of carbonyl (C=O) groups excluding carboxylic acids is 2.